The summed E-state index contributed by atoms with van der Waals surface area (Å²) in [5.74, 6) is -1.52. The Morgan fingerprint density at radius 1 is 1.39 bits per heavy atom. The first-order chi connectivity index (χ1) is 8.66. The van der Waals surface area contributed by atoms with Crippen molar-refractivity contribution in [3.8, 4) is 0 Å². The average Bonchev–Trinajstić information content (AvgIpc) is 2.87. The number of aliphatic carboxylic acids is 1. The van der Waals surface area contributed by atoms with Crippen LogP contribution in [0.5, 0.6) is 0 Å². The van der Waals surface area contributed by atoms with E-state index in [2.05, 4.69) is 10.5 Å². The molecule has 94 valence electrons. The van der Waals surface area contributed by atoms with Crippen LogP contribution < -0.4 is 5.32 Å². The lowest BCUT2D eigenvalue weighted by atomic mass is 10.1. The molecule has 1 unspecified atom stereocenters. The zero-order valence-electron chi connectivity index (χ0n) is 9.50. The number of amides is 1. The summed E-state index contributed by atoms with van der Waals surface area (Å²) in [5.41, 5.74) is 0.832. The molecule has 2 rings (SSSR count). The number of carbonyl (C=O) groups is 2. The molecule has 1 heterocycles. The molecule has 0 radical (unpaired) electrons. The Morgan fingerprint density at radius 3 is 2.72 bits per heavy atom. The maximum absolute atomic E-state index is 11.7. The van der Waals surface area contributed by atoms with Gasteiger partial charge in [-0.05, 0) is 5.56 Å². The molecule has 1 aromatic carbocycles. The molecule has 0 aromatic heterocycles. The summed E-state index contributed by atoms with van der Waals surface area (Å²) in [6, 6.07) is 9.40. The van der Waals surface area contributed by atoms with Gasteiger partial charge in [0.1, 0.15) is 0 Å². The number of carbonyl (C=O) groups excluding carboxylic acids is 1. The van der Waals surface area contributed by atoms with Gasteiger partial charge < -0.3 is 15.3 Å². The van der Waals surface area contributed by atoms with E-state index in [1.54, 1.807) is 0 Å². The van der Waals surface area contributed by atoms with E-state index in [0.29, 0.717) is 6.54 Å². The molecule has 0 aliphatic carbocycles. The summed E-state index contributed by atoms with van der Waals surface area (Å²) in [6.07, 6.45) is -0.851. The minimum Gasteiger partial charge on any atom is -0.477 e. The van der Waals surface area contributed by atoms with E-state index >= 15 is 0 Å². The molecule has 6 nitrogen and oxygen atoms in total. The highest BCUT2D eigenvalue weighted by Gasteiger charge is 2.31. The maximum Gasteiger partial charge on any atom is 0.353 e. The highest BCUT2D eigenvalue weighted by molar-refractivity contribution is 6.36. The number of rotatable bonds is 4. The Labute approximate surface area is 103 Å². The predicted molar refractivity (Wildman–Crippen MR) is 62.8 cm³/mol. The molecule has 0 fully saturated rings. The molecule has 0 bridgehead atoms. The van der Waals surface area contributed by atoms with Crippen LogP contribution in [0.4, 0.5) is 0 Å². The van der Waals surface area contributed by atoms with Gasteiger partial charge in [-0.15, -0.1) is 0 Å². The SMILES string of the molecule is O=C(O)C1=NOC(C(=O)NCc2ccccc2)C1. The van der Waals surface area contributed by atoms with Crippen molar-refractivity contribution >= 4 is 17.6 Å². The van der Waals surface area contributed by atoms with E-state index in [1.165, 1.54) is 0 Å². The summed E-state index contributed by atoms with van der Waals surface area (Å²) in [5, 5.41) is 14.7. The fourth-order valence-corrected chi connectivity index (χ4v) is 1.54. The molecule has 1 aromatic rings. The first kappa shape index (κ1) is 12.1. The van der Waals surface area contributed by atoms with Crippen molar-refractivity contribution in [3.63, 3.8) is 0 Å². The summed E-state index contributed by atoms with van der Waals surface area (Å²) < 4.78 is 0. The Bertz CT molecular complexity index is 484. The van der Waals surface area contributed by atoms with Crippen LogP contribution in [0, 0.1) is 0 Å². The monoisotopic (exact) mass is 248 g/mol. The molecule has 2 N–H and O–H groups in total. The minimum absolute atomic E-state index is 0.00401. The van der Waals surface area contributed by atoms with Gasteiger partial charge >= 0.3 is 5.97 Å². The van der Waals surface area contributed by atoms with E-state index < -0.39 is 12.1 Å². The zero-order valence-corrected chi connectivity index (χ0v) is 9.50. The summed E-state index contributed by atoms with van der Waals surface area (Å²) in [6.45, 7) is 0.377. The molecule has 0 saturated carbocycles. The maximum atomic E-state index is 11.7. The van der Waals surface area contributed by atoms with Gasteiger partial charge in [-0.25, -0.2) is 4.79 Å². The third kappa shape index (κ3) is 2.85. The molecule has 1 aliphatic heterocycles. The summed E-state index contributed by atoms with van der Waals surface area (Å²) in [4.78, 5) is 27.1. The third-order valence-electron chi connectivity index (χ3n) is 2.52. The van der Waals surface area contributed by atoms with Gasteiger partial charge in [0.25, 0.3) is 5.91 Å². The number of benzene rings is 1. The predicted octanol–water partition coefficient (Wildman–Crippen LogP) is 0.532. The first-order valence-corrected chi connectivity index (χ1v) is 5.44. The van der Waals surface area contributed by atoms with Crippen LogP contribution in [0.15, 0.2) is 35.5 Å². The second-order valence-corrected chi connectivity index (χ2v) is 3.84. The van der Waals surface area contributed by atoms with Crippen molar-refractivity contribution in [1.29, 1.82) is 0 Å². The quantitative estimate of drug-likeness (QED) is 0.813. The topological polar surface area (TPSA) is 88.0 Å². The molecule has 1 aliphatic rings. The smallest absolute Gasteiger partial charge is 0.353 e. The van der Waals surface area contributed by atoms with Gasteiger partial charge in [-0.2, -0.15) is 0 Å². The Kier molecular flexibility index (Phi) is 3.57. The number of carboxylic acids is 1. The van der Waals surface area contributed by atoms with E-state index in [9.17, 15) is 9.59 Å². The van der Waals surface area contributed by atoms with Crippen molar-refractivity contribution in [2.75, 3.05) is 0 Å². The standard InChI is InChI=1S/C12H12N2O4/c15-11(10-6-9(12(16)17)14-18-10)13-7-8-4-2-1-3-5-8/h1-5,10H,6-7H2,(H,13,15)(H,16,17). The lowest BCUT2D eigenvalue weighted by Crippen LogP contribution is -2.34. The van der Waals surface area contributed by atoms with Gasteiger partial charge in [-0.3, -0.25) is 4.79 Å². The first-order valence-electron chi connectivity index (χ1n) is 5.44. The van der Waals surface area contributed by atoms with Gasteiger partial charge in [0.15, 0.2) is 5.71 Å². The van der Waals surface area contributed by atoms with Gasteiger partial charge in [0.05, 0.1) is 0 Å². The van der Waals surface area contributed by atoms with Gasteiger partial charge in [0, 0.05) is 13.0 Å². The van der Waals surface area contributed by atoms with Crippen LogP contribution in [0.25, 0.3) is 0 Å². The molecule has 18 heavy (non-hydrogen) atoms. The number of carboxylic acid groups (broad SMARTS) is 1. The lowest BCUT2D eigenvalue weighted by molar-refractivity contribution is -0.131. The summed E-state index contributed by atoms with van der Waals surface area (Å²) in [7, 11) is 0. The Balaban J connectivity index is 1.82. The third-order valence-corrected chi connectivity index (χ3v) is 2.52. The normalized spacial score (nSPS) is 17.8. The van der Waals surface area contributed by atoms with E-state index in [-0.39, 0.29) is 18.0 Å². The molecule has 1 amide bonds. The van der Waals surface area contributed by atoms with Crippen LogP contribution in [-0.2, 0) is 21.0 Å². The summed E-state index contributed by atoms with van der Waals surface area (Å²) >= 11 is 0. The second kappa shape index (κ2) is 5.31. The zero-order chi connectivity index (χ0) is 13.0. The number of nitrogens with one attached hydrogen (secondary N) is 1. The molecular weight excluding hydrogens is 236 g/mol. The van der Waals surface area contributed by atoms with E-state index in [1.807, 2.05) is 30.3 Å². The number of hydrogen-bond acceptors (Lipinski definition) is 4. The molecule has 1 atom stereocenters. The fourth-order valence-electron chi connectivity index (χ4n) is 1.54. The minimum atomic E-state index is -1.16. The van der Waals surface area contributed by atoms with E-state index in [4.69, 9.17) is 9.94 Å². The largest absolute Gasteiger partial charge is 0.477 e. The van der Waals surface area contributed by atoms with Crippen LogP contribution in [0.2, 0.25) is 0 Å². The van der Waals surface area contributed by atoms with Crippen molar-refractivity contribution in [2.45, 2.75) is 19.1 Å². The van der Waals surface area contributed by atoms with Crippen molar-refractivity contribution in [3.05, 3.63) is 35.9 Å². The number of hydrogen-bond donors (Lipinski definition) is 2. The molecule has 0 spiro atoms. The molecule has 0 saturated heterocycles. The highest BCUT2D eigenvalue weighted by Crippen LogP contribution is 2.11. The Hall–Kier alpha value is -2.37. The van der Waals surface area contributed by atoms with Crippen LogP contribution in [0.1, 0.15) is 12.0 Å². The van der Waals surface area contributed by atoms with Crippen molar-refractivity contribution in [2.24, 2.45) is 5.16 Å². The number of oxime groups is 1. The lowest BCUT2D eigenvalue weighted by Gasteiger charge is -2.09. The van der Waals surface area contributed by atoms with Crippen molar-refractivity contribution < 1.29 is 19.5 Å². The fraction of sp³-hybridized carbons (Fsp3) is 0.250. The van der Waals surface area contributed by atoms with E-state index in [0.717, 1.165) is 5.56 Å². The Morgan fingerprint density at radius 2 is 2.11 bits per heavy atom. The number of nitrogens with zero attached hydrogens (tertiary/aromatic N) is 1. The van der Waals surface area contributed by atoms with Crippen LogP contribution in [-0.4, -0.2) is 28.8 Å². The van der Waals surface area contributed by atoms with Crippen LogP contribution in [0.3, 0.4) is 0 Å². The molecule has 6 heteroatoms. The van der Waals surface area contributed by atoms with Gasteiger partial charge in [0.2, 0.25) is 6.10 Å². The second-order valence-electron chi connectivity index (χ2n) is 3.84. The van der Waals surface area contributed by atoms with Crippen molar-refractivity contribution in [1.82, 2.24) is 5.32 Å². The highest BCUT2D eigenvalue weighted by atomic mass is 16.6. The van der Waals surface area contributed by atoms with Gasteiger partial charge in [-0.1, -0.05) is 35.5 Å². The molecular formula is C12H12N2O4. The van der Waals surface area contributed by atoms with Crippen LogP contribution >= 0.6 is 0 Å². The average molecular weight is 248 g/mol.